The second-order valence-corrected chi connectivity index (χ2v) is 4.29. The van der Waals surface area contributed by atoms with Crippen LogP contribution in [0, 0.1) is 5.92 Å². The summed E-state index contributed by atoms with van der Waals surface area (Å²) < 4.78 is 5.24. The molecule has 1 aliphatic heterocycles. The average molecular weight is 210 g/mol. The molecule has 0 spiro atoms. The van der Waals surface area contributed by atoms with Crippen LogP contribution in [0.25, 0.3) is 0 Å². The van der Waals surface area contributed by atoms with E-state index in [0.29, 0.717) is 0 Å². The molecule has 4 nitrogen and oxygen atoms in total. The van der Waals surface area contributed by atoms with Gasteiger partial charge in [-0.25, -0.2) is 0 Å². The lowest BCUT2D eigenvalue weighted by Gasteiger charge is -2.24. The first-order valence-corrected chi connectivity index (χ1v) is 5.58. The molecule has 3 N–H and O–H groups in total. The summed E-state index contributed by atoms with van der Waals surface area (Å²) in [6.45, 7) is 1.51. The molecular formula is C11H18N2O2. The summed E-state index contributed by atoms with van der Waals surface area (Å²) in [6, 6.07) is 0.340. The quantitative estimate of drug-likeness (QED) is 0.639. The van der Waals surface area contributed by atoms with Gasteiger partial charge in [-0.1, -0.05) is 12.2 Å². The molecule has 4 heteroatoms. The highest BCUT2D eigenvalue weighted by Gasteiger charge is 2.25. The van der Waals surface area contributed by atoms with Crippen LogP contribution in [0.4, 0.5) is 0 Å². The predicted molar refractivity (Wildman–Crippen MR) is 57.2 cm³/mol. The van der Waals surface area contributed by atoms with Gasteiger partial charge in [0.05, 0.1) is 5.92 Å². The Bertz CT molecular complexity index is 259. The first-order valence-electron chi connectivity index (χ1n) is 5.58. The van der Waals surface area contributed by atoms with Crippen LogP contribution in [-0.2, 0) is 9.53 Å². The van der Waals surface area contributed by atoms with E-state index in [9.17, 15) is 4.79 Å². The van der Waals surface area contributed by atoms with Crippen LogP contribution >= 0.6 is 0 Å². The Morgan fingerprint density at radius 1 is 1.33 bits per heavy atom. The van der Waals surface area contributed by atoms with Gasteiger partial charge in [-0.3, -0.25) is 4.79 Å². The molecular weight excluding hydrogens is 192 g/mol. The van der Waals surface area contributed by atoms with Crippen molar-refractivity contribution in [2.75, 3.05) is 13.2 Å². The lowest BCUT2D eigenvalue weighted by molar-refractivity contribution is -0.124. The molecule has 2 rings (SSSR count). The lowest BCUT2D eigenvalue weighted by atomic mass is 10.0. The van der Waals surface area contributed by atoms with Gasteiger partial charge >= 0.3 is 0 Å². The minimum atomic E-state index is -0.0251. The van der Waals surface area contributed by atoms with E-state index in [1.54, 1.807) is 0 Å². The van der Waals surface area contributed by atoms with Crippen molar-refractivity contribution in [2.45, 2.75) is 31.3 Å². The van der Waals surface area contributed by atoms with Crippen LogP contribution in [0.15, 0.2) is 12.2 Å². The third-order valence-corrected chi connectivity index (χ3v) is 3.02. The Morgan fingerprint density at radius 2 is 2.07 bits per heavy atom. The molecule has 15 heavy (non-hydrogen) atoms. The molecule has 0 radical (unpaired) electrons. The van der Waals surface area contributed by atoms with Crippen LogP contribution < -0.4 is 11.1 Å². The molecule has 1 amide bonds. The average Bonchev–Trinajstić information content (AvgIpc) is 2.66. The summed E-state index contributed by atoms with van der Waals surface area (Å²) in [5, 5.41) is 3.06. The Morgan fingerprint density at radius 3 is 2.67 bits per heavy atom. The highest BCUT2D eigenvalue weighted by molar-refractivity contribution is 5.81. The second kappa shape index (κ2) is 4.77. The number of carbonyl (C=O) groups is 1. The Hall–Kier alpha value is -0.870. The minimum Gasteiger partial charge on any atom is -0.381 e. The maximum atomic E-state index is 11.8. The topological polar surface area (TPSA) is 64.4 Å². The van der Waals surface area contributed by atoms with Crippen molar-refractivity contribution in [3.05, 3.63) is 12.2 Å². The third-order valence-electron chi connectivity index (χ3n) is 3.02. The Balaban J connectivity index is 1.79. The fourth-order valence-electron chi connectivity index (χ4n) is 2.07. The van der Waals surface area contributed by atoms with Crippen molar-refractivity contribution in [1.29, 1.82) is 0 Å². The number of rotatable bonds is 2. The summed E-state index contributed by atoms with van der Waals surface area (Å²) >= 11 is 0. The van der Waals surface area contributed by atoms with Gasteiger partial charge in [0.25, 0.3) is 0 Å². The number of nitrogens with one attached hydrogen (secondary N) is 1. The number of hydrogen-bond acceptors (Lipinski definition) is 3. The molecule has 1 aliphatic carbocycles. The predicted octanol–water partition coefficient (Wildman–Crippen LogP) is 0.185. The fourth-order valence-corrected chi connectivity index (χ4v) is 2.07. The van der Waals surface area contributed by atoms with Crippen molar-refractivity contribution in [2.24, 2.45) is 11.7 Å². The van der Waals surface area contributed by atoms with Crippen molar-refractivity contribution in [3.63, 3.8) is 0 Å². The van der Waals surface area contributed by atoms with Gasteiger partial charge in [0.15, 0.2) is 0 Å². The molecule has 84 valence electrons. The number of carbonyl (C=O) groups excluding carboxylic acids is 1. The molecule has 0 aromatic heterocycles. The molecule has 2 aliphatic rings. The molecule has 0 aromatic carbocycles. The largest absolute Gasteiger partial charge is 0.381 e. The summed E-state index contributed by atoms with van der Waals surface area (Å²) in [5.41, 5.74) is 5.71. The van der Waals surface area contributed by atoms with Crippen LogP contribution in [-0.4, -0.2) is 31.2 Å². The standard InChI is InChI=1S/C11H18N2O2/c12-9-2-1-8(7-9)11(14)13-10-3-5-15-6-4-10/h1-2,8-10H,3-7,12H2,(H,13,14). The smallest absolute Gasteiger partial charge is 0.227 e. The molecule has 1 heterocycles. The number of nitrogens with two attached hydrogens (primary N) is 1. The molecule has 2 atom stereocenters. The second-order valence-electron chi connectivity index (χ2n) is 4.29. The van der Waals surface area contributed by atoms with E-state index in [-0.39, 0.29) is 23.9 Å². The third kappa shape index (κ3) is 2.79. The molecule has 0 aromatic rings. The maximum Gasteiger partial charge on any atom is 0.227 e. The highest BCUT2D eigenvalue weighted by Crippen LogP contribution is 2.17. The van der Waals surface area contributed by atoms with E-state index >= 15 is 0 Å². The minimum absolute atomic E-state index is 0.0251. The Labute approximate surface area is 89.9 Å². The summed E-state index contributed by atoms with van der Waals surface area (Å²) in [7, 11) is 0. The first kappa shape index (κ1) is 10.6. The number of ether oxygens (including phenoxy) is 1. The monoisotopic (exact) mass is 210 g/mol. The number of hydrogen-bond donors (Lipinski definition) is 2. The molecule has 0 bridgehead atoms. The van der Waals surface area contributed by atoms with Crippen molar-refractivity contribution >= 4 is 5.91 Å². The number of amides is 1. The van der Waals surface area contributed by atoms with Gasteiger partial charge in [0.1, 0.15) is 0 Å². The van der Waals surface area contributed by atoms with Gasteiger partial charge in [-0.05, 0) is 19.3 Å². The fraction of sp³-hybridized carbons (Fsp3) is 0.727. The summed E-state index contributed by atoms with van der Waals surface area (Å²) in [6.07, 6.45) is 6.42. The van der Waals surface area contributed by atoms with Crippen molar-refractivity contribution in [1.82, 2.24) is 5.32 Å². The van der Waals surface area contributed by atoms with E-state index in [1.807, 2.05) is 12.2 Å². The first-order chi connectivity index (χ1) is 7.25. The Kier molecular flexibility index (Phi) is 3.38. The van der Waals surface area contributed by atoms with Crippen molar-refractivity contribution in [3.8, 4) is 0 Å². The van der Waals surface area contributed by atoms with Gasteiger partial charge in [-0.2, -0.15) is 0 Å². The normalized spacial score (nSPS) is 31.8. The van der Waals surface area contributed by atoms with Gasteiger partial charge in [0, 0.05) is 25.3 Å². The van der Waals surface area contributed by atoms with Gasteiger partial charge < -0.3 is 15.8 Å². The van der Waals surface area contributed by atoms with E-state index < -0.39 is 0 Å². The summed E-state index contributed by atoms with van der Waals surface area (Å²) in [5.74, 6) is 0.0916. The van der Waals surface area contributed by atoms with Gasteiger partial charge in [-0.15, -0.1) is 0 Å². The highest BCUT2D eigenvalue weighted by atomic mass is 16.5. The van der Waals surface area contributed by atoms with Crippen LogP contribution in [0.1, 0.15) is 19.3 Å². The maximum absolute atomic E-state index is 11.8. The molecule has 2 unspecified atom stereocenters. The van der Waals surface area contributed by atoms with E-state index in [2.05, 4.69) is 5.32 Å². The zero-order valence-corrected chi connectivity index (χ0v) is 8.82. The molecule has 1 saturated heterocycles. The van der Waals surface area contributed by atoms with Gasteiger partial charge in [0.2, 0.25) is 5.91 Å². The van der Waals surface area contributed by atoms with Crippen LogP contribution in [0.2, 0.25) is 0 Å². The van der Waals surface area contributed by atoms with Crippen LogP contribution in [0.3, 0.4) is 0 Å². The SMILES string of the molecule is NC1C=CC(C(=O)NC2CCOCC2)C1. The van der Waals surface area contributed by atoms with E-state index in [4.69, 9.17) is 10.5 Å². The van der Waals surface area contributed by atoms with Crippen molar-refractivity contribution < 1.29 is 9.53 Å². The van der Waals surface area contributed by atoms with Crippen LogP contribution in [0.5, 0.6) is 0 Å². The lowest BCUT2D eigenvalue weighted by Crippen LogP contribution is -2.41. The zero-order valence-electron chi connectivity index (χ0n) is 8.82. The van der Waals surface area contributed by atoms with E-state index in [0.717, 1.165) is 32.5 Å². The molecule has 1 fully saturated rings. The molecule has 0 saturated carbocycles. The van der Waals surface area contributed by atoms with E-state index in [1.165, 1.54) is 0 Å². The summed E-state index contributed by atoms with van der Waals surface area (Å²) in [4.78, 5) is 11.8. The zero-order chi connectivity index (χ0) is 10.7.